The van der Waals surface area contributed by atoms with Crippen molar-refractivity contribution in [1.82, 2.24) is 5.32 Å². The summed E-state index contributed by atoms with van der Waals surface area (Å²) >= 11 is 3.70. The van der Waals surface area contributed by atoms with E-state index < -0.39 is 0 Å². The molecule has 19 heavy (non-hydrogen) atoms. The molecule has 0 amide bonds. The Hall–Kier alpha value is -0.800. The van der Waals surface area contributed by atoms with E-state index in [1.807, 2.05) is 6.08 Å². The minimum atomic E-state index is 0.368. The van der Waals surface area contributed by atoms with Gasteiger partial charge in [-0.3, -0.25) is 0 Å². The van der Waals surface area contributed by atoms with Gasteiger partial charge in [0.2, 0.25) is 0 Å². The smallest absolute Gasteiger partial charge is 0.0380 e. The van der Waals surface area contributed by atoms with E-state index in [1.54, 1.807) is 0 Å². The Kier molecular flexibility index (Phi) is 7.17. The number of nitrogens with one attached hydrogen (secondary N) is 1. The summed E-state index contributed by atoms with van der Waals surface area (Å²) in [6.07, 6.45) is 3.10. The molecular weight excluding hydrogens is 300 g/mol. The molecule has 1 rings (SSSR count). The van der Waals surface area contributed by atoms with Crippen LogP contribution in [0.2, 0.25) is 0 Å². The van der Waals surface area contributed by atoms with E-state index in [0.29, 0.717) is 6.04 Å². The van der Waals surface area contributed by atoms with Crippen LogP contribution in [-0.4, -0.2) is 19.6 Å². The second-order valence-corrected chi connectivity index (χ2v) is 5.57. The van der Waals surface area contributed by atoms with Gasteiger partial charge < -0.3 is 10.2 Å². The van der Waals surface area contributed by atoms with Crippen molar-refractivity contribution >= 4 is 21.6 Å². The molecule has 3 heteroatoms. The lowest BCUT2D eigenvalue weighted by molar-refractivity contribution is 0.596. The summed E-state index contributed by atoms with van der Waals surface area (Å²) in [6.45, 7) is 13.3. The Labute approximate surface area is 126 Å². The zero-order chi connectivity index (χ0) is 14.3. The van der Waals surface area contributed by atoms with Crippen molar-refractivity contribution in [2.24, 2.45) is 0 Å². The second-order valence-electron chi connectivity index (χ2n) is 4.72. The van der Waals surface area contributed by atoms with E-state index in [1.165, 1.54) is 15.7 Å². The Balaban J connectivity index is 2.93. The maximum absolute atomic E-state index is 3.84. The summed E-state index contributed by atoms with van der Waals surface area (Å²) in [6, 6.07) is 6.99. The molecule has 0 aliphatic rings. The van der Waals surface area contributed by atoms with E-state index in [9.17, 15) is 0 Å². The molecule has 0 aliphatic heterocycles. The zero-order valence-electron chi connectivity index (χ0n) is 12.2. The standard InChI is InChI=1S/C16H25BrN2/c1-5-10-19(11-6-2)14-8-9-15(16(17)12-14)13(4)18-7-3/h5,8-9,12-13,18H,1,6-7,10-11H2,2-4H3. The summed E-state index contributed by atoms with van der Waals surface area (Å²) in [5, 5.41) is 3.44. The first kappa shape index (κ1) is 16.3. The fraction of sp³-hybridized carbons (Fsp3) is 0.500. The lowest BCUT2D eigenvalue weighted by Crippen LogP contribution is -2.24. The second kappa shape index (κ2) is 8.39. The average Bonchev–Trinajstić information content (AvgIpc) is 2.38. The molecule has 1 aromatic rings. The van der Waals surface area contributed by atoms with Gasteiger partial charge in [0.1, 0.15) is 0 Å². The first-order chi connectivity index (χ1) is 9.13. The van der Waals surface area contributed by atoms with E-state index in [4.69, 9.17) is 0 Å². The molecule has 0 bridgehead atoms. The van der Waals surface area contributed by atoms with Gasteiger partial charge in [-0.1, -0.05) is 41.9 Å². The Morgan fingerprint density at radius 2 is 2.16 bits per heavy atom. The van der Waals surface area contributed by atoms with Gasteiger partial charge in [-0.15, -0.1) is 6.58 Å². The minimum Gasteiger partial charge on any atom is -0.368 e. The van der Waals surface area contributed by atoms with Gasteiger partial charge in [0.15, 0.2) is 0 Å². The molecule has 1 aromatic carbocycles. The number of hydrogen-bond donors (Lipinski definition) is 1. The van der Waals surface area contributed by atoms with Crippen LogP contribution in [-0.2, 0) is 0 Å². The minimum absolute atomic E-state index is 0.368. The van der Waals surface area contributed by atoms with E-state index in [0.717, 1.165) is 26.1 Å². The Morgan fingerprint density at radius 1 is 1.42 bits per heavy atom. The van der Waals surface area contributed by atoms with Gasteiger partial charge in [-0.2, -0.15) is 0 Å². The molecule has 0 radical (unpaired) electrons. The van der Waals surface area contributed by atoms with Crippen molar-refractivity contribution in [3.8, 4) is 0 Å². The van der Waals surface area contributed by atoms with Crippen LogP contribution in [0, 0.1) is 0 Å². The van der Waals surface area contributed by atoms with Crippen molar-refractivity contribution in [3.05, 3.63) is 40.9 Å². The highest BCUT2D eigenvalue weighted by atomic mass is 79.9. The summed E-state index contributed by atoms with van der Waals surface area (Å²) in [7, 11) is 0. The summed E-state index contributed by atoms with van der Waals surface area (Å²) in [4.78, 5) is 2.35. The van der Waals surface area contributed by atoms with Crippen LogP contribution in [0.25, 0.3) is 0 Å². The maximum Gasteiger partial charge on any atom is 0.0380 e. The average molecular weight is 325 g/mol. The van der Waals surface area contributed by atoms with Gasteiger partial charge in [0.25, 0.3) is 0 Å². The van der Waals surface area contributed by atoms with Gasteiger partial charge >= 0.3 is 0 Å². The molecule has 0 saturated heterocycles. The highest BCUT2D eigenvalue weighted by molar-refractivity contribution is 9.10. The summed E-state index contributed by atoms with van der Waals surface area (Å²) in [5.41, 5.74) is 2.56. The Bertz CT molecular complexity index is 404. The van der Waals surface area contributed by atoms with Crippen molar-refractivity contribution in [1.29, 1.82) is 0 Å². The van der Waals surface area contributed by atoms with E-state index in [2.05, 4.69) is 71.7 Å². The topological polar surface area (TPSA) is 15.3 Å². The lowest BCUT2D eigenvalue weighted by Gasteiger charge is -2.24. The fourth-order valence-corrected chi connectivity index (χ4v) is 2.94. The number of anilines is 1. The molecule has 0 saturated carbocycles. The van der Waals surface area contributed by atoms with Crippen LogP contribution >= 0.6 is 15.9 Å². The molecule has 1 atom stereocenters. The molecule has 0 aliphatic carbocycles. The normalized spacial score (nSPS) is 12.2. The molecule has 106 valence electrons. The van der Waals surface area contributed by atoms with Crippen LogP contribution < -0.4 is 10.2 Å². The van der Waals surface area contributed by atoms with Crippen molar-refractivity contribution in [3.63, 3.8) is 0 Å². The van der Waals surface area contributed by atoms with Crippen molar-refractivity contribution in [2.45, 2.75) is 33.2 Å². The number of halogens is 1. The monoisotopic (exact) mass is 324 g/mol. The summed E-state index contributed by atoms with van der Waals surface area (Å²) < 4.78 is 1.17. The molecule has 0 fully saturated rings. The SMILES string of the molecule is C=CCN(CCC)c1ccc(C(C)NCC)c(Br)c1. The van der Waals surface area contributed by atoms with Gasteiger partial charge in [0, 0.05) is 29.3 Å². The molecule has 0 aromatic heterocycles. The predicted octanol–water partition coefficient (Wildman–Crippen LogP) is 4.52. The molecule has 0 heterocycles. The molecule has 1 unspecified atom stereocenters. The highest BCUT2D eigenvalue weighted by Gasteiger charge is 2.11. The van der Waals surface area contributed by atoms with Crippen molar-refractivity contribution < 1.29 is 0 Å². The van der Waals surface area contributed by atoms with Crippen molar-refractivity contribution in [2.75, 3.05) is 24.5 Å². The van der Waals surface area contributed by atoms with Crippen LogP contribution in [0.1, 0.15) is 38.8 Å². The van der Waals surface area contributed by atoms with Crippen LogP contribution in [0.4, 0.5) is 5.69 Å². The van der Waals surface area contributed by atoms with Gasteiger partial charge in [-0.25, -0.2) is 0 Å². The predicted molar refractivity (Wildman–Crippen MR) is 88.9 cm³/mol. The number of hydrogen-bond acceptors (Lipinski definition) is 2. The molecule has 1 N–H and O–H groups in total. The molecular formula is C16H25BrN2. The van der Waals surface area contributed by atoms with Crippen LogP contribution in [0.3, 0.4) is 0 Å². The first-order valence-electron chi connectivity index (χ1n) is 7.02. The van der Waals surface area contributed by atoms with E-state index in [-0.39, 0.29) is 0 Å². The largest absolute Gasteiger partial charge is 0.368 e. The molecule has 2 nitrogen and oxygen atoms in total. The maximum atomic E-state index is 3.84. The third-order valence-corrected chi connectivity index (χ3v) is 3.86. The number of nitrogens with zero attached hydrogens (tertiary/aromatic N) is 1. The summed E-state index contributed by atoms with van der Waals surface area (Å²) in [5.74, 6) is 0. The third-order valence-electron chi connectivity index (χ3n) is 3.17. The number of benzene rings is 1. The highest BCUT2D eigenvalue weighted by Crippen LogP contribution is 2.28. The zero-order valence-corrected chi connectivity index (χ0v) is 13.8. The van der Waals surface area contributed by atoms with Gasteiger partial charge in [0.05, 0.1) is 0 Å². The van der Waals surface area contributed by atoms with Crippen LogP contribution in [0.5, 0.6) is 0 Å². The number of rotatable bonds is 8. The quantitative estimate of drug-likeness (QED) is 0.707. The fourth-order valence-electron chi connectivity index (χ4n) is 2.23. The molecule has 0 spiro atoms. The third kappa shape index (κ3) is 4.66. The lowest BCUT2D eigenvalue weighted by atomic mass is 10.1. The first-order valence-corrected chi connectivity index (χ1v) is 7.82. The van der Waals surface area contributed by atoms with Crippen LogP contribution in [0.15, 0.2) is 35.3 Å². The Morgan fingerprint density at radius 3 is 2.68 bits per heavy atom. The van der Waals surface area contributed by atoms with E-state index >= 15 is 0 Å². The van der Waals surface area contributed by atoms with Gasteiger partial charge in [-0.05, 0) is 37.6 Å².